The lowest BCUT2D eigenvalue weighted by atomic mass is 9.79. The van der Waals surface area contributed by atoms with Gasteiger partial charge in [0.25, 0.3) is 0 Å². The average Bonchev–Trinajstić information content (AvgIpc) is 0.678. The summed E-state index contributed by atoms with van der Waals surface area (Å²) in [6, 6.07) is -21.4. The molecule has 8 aliphatic rings. The fraction of sp³-hybridized carbons (Fsp3) is 0.708. The van der Waals surface area contributed by atoms with Gasteiger partial charge in [0, 0.05) is 180 Å². The second kappa shape index (κ2) is 43.9. The molecule has 0 spiro atoms. The standard InChI is InChI=1S/4C24H38N2O4/c4*1-14(2)9-17-13-26-8-7-16-10-21(28-5)22(29-6)11-18(16)19(26)12-20(17)30-24(27)23(25)15(3)4/h4*10-11,14-15,17,19-20,23H,7-9,12-13,25H2,1-6H3/t4*17?,19?,20?,23-/m0000/s1/i2*1D3,5D3,7D2,8D2,9D2,10D,11D,14D,19D;2*1D3,7D2,8D2,9D2,10D,11D,14D,19D/t4*14?,17?,19?,20?,23-. The number of rotatable bonds is 28. The molecule has 20 atom stereocenters. The van der Waals surface area contributed by atoms with Crippen LogP contribution in [0.3, 0.4) is 0 Å². The van der Waals surface area contributed by atoms with E-state index in [4.69, 9.17) is 154 Å². The number of hydrogen-bond acceptors (Lipinski definition) is 24. The number of nitrogens with two attached hydrogens (primary N) is 4. The van der Waals surface area contributed by atoms with Crippen LogP contribution in [0.25, 0.3) is 0 Å². The Bertz CT molecular complexity index is 6450. The van der Waals surface area contributed by atoms with E-state index in [9.17, 15) is 24.7 Å². The minimum Gasteiger partial charge on any atom is -0.493 e. The molecule has 0 aromatic heterocycles. The predicted molar refractivity (Wildman–Crippen MR) is 471 cm³/mol. The lowest BCUT2D eigenvalue weighted by Crippen LogP contribution is -2.51. The summed E-state index contributed by atoms with van der Waals surface area (Å²) in [5, 5.41) is 0. The zero-order chi connectivity index (χ0) is 139. The van der Waals surface area contributed by atoms with Crippen molar-refractivity contribution >= 4 is 23.9 Å². The van der Waals surface area contributed by atoms with Crippen molar-refractivity contribution in [3.63, 3.8) is 0 Å². The van der Waals surface area contributed by atoms with Crippen LogP contribution < -0.4 is 60.8 Å². The molecule has 12 rings (SSSR count). The molecule has 4 fully saturated rings. The van der Waals surface area contributed by atoms with Crippen molar-refractivity contribution in [1.29, 1.82) is 0 Å². The van der Waals surface area contributed by atoms with Gasteiger partial charge in [0.1, 0.15) is 48.6 Å². The quantitative estimate of drug-likeness (QED) is 0.0303. The van der Waals surface area contributed by atoms with Crippen molar-refractivity contribution in [1.82, 2.24) is 19.6 Å². The molecule has 0 saturated carbocycles. The molecule has 8 N–H and O–H groups in total. The zero-order valence-electron chi connectivity index (χ0n) is 129. The van der Waals surface area contributed by atoms with Gasteiger partial charge in [-0.15, -0.1) is 0 Å². The Kier molecular flexibility index (Phi) is 16.2. The van der Waals surface area contributed by atoms with Crippen LogP contribution in [-0.4, -0.2) is 201 Å². The van der Waals surface area contributed by atoms with Gasteiger partial charge in [0.05, 0.1) is 81.4 Å². The second-order valence-electron chi connectivity index (χ2n) is 30.5. The van der Waals surface area contributed by atoms with Gasteiger partial charge < -0.3 is 79.8 Å². The number of nitrogens with zero attached hydrogens (tertiary/aromatic N) is 4. The van der Waals surface area contributed by atoms with Crippen LogP contribution in [0.15, 0.2) is 48.3 Å². The molecule has 8 heterocycles. The van der Waals surface area contributed by atoms with Gasteiger partial charge in [-0.05, 0) is 191 Å². The van der Waals surface area contributed by atoms with E-state index in [2.05, 4.69) is 0 Å². The van der Waals surface area contributed by atoms with Crippen LogP contribution in [0.5, 0.6) is 46.0 Å². The molecule has 0 radical (unpaired) electrons. The van der Waals surface area contributed by atoms with Crippen molar-refractivity contribution < 1.29 is 156 Å². The van der Waals surface area contributed by atoms with Gasteiger partial charge in [-0.25, -0.2) is 0 Å². The molecular weight excluding hydrogens is 1520 g/mol. The molecule has 4 saturated heterocycles. The molecule has 0 amide bonds. The lowest BCUT2D eigenvalue weighted by Gasteiger charge is -2.47. The number of esters is 4. The molecule has 672 valence electrons. The van der Waals surface area contributed by atoms with Crippen molar-refractivity contribution in [2.24, 2.45) is 93.9 Å². The van der Waals surface area contributed by atoms with Crippen LogP contribution in [-0.2, 0) is 63.6 Å². The Morgan fingerprint density at radius 2 is 0.558 bits per heavy atom. The van der Waals surface area contributed by atoms with Crippen molar-refractivity contribution in [2.45, 2.75) is 260 Å². The Labute approximate surface area is 800 Å². The molecule has 16 unspecified atom stereocenters. The summed E-state index contributed by atoms with van der Waals surface area (Å²) in [4.78, 5) is 54.8. The molecule has 4 aromatic rings. The maximum absolute atomic E-state index is 13.1. The molecule has 8 aliphatic heterocycles. The maximum atomic E-state index is 13.1. The summed E-state index contributed by atoms with van der Waals surface area (Å²) < 4.78 is 558. The largest absolute Gasteiger partial charge is 0.493 e. The zero-order valence-corrected chi connectivity index (χ0v) is 70.5. The number of piperidine rings is 4. The number of ether oxygens (including phenoxy) is 12. The molecule has 120 heavy (non-hydrogen) atoms. The first-order valence-electron chi connectivity index (χ1n) is 67.7. The third-order valence-electron chi connectivity index (χ3n) is 20.4. The smallest absolute Gasteiger partial charge is 0.323 e. The summed E-state index contributed by atoms with van der Waals surface area (Å²) in [5.41, 5.74) is 18.4. The van der Waals surface area contributed by atoms with Crippen LogP contribution in [0, 0.1) is 70.9 Å². The minimum atomic E-state index is -3.31. The van der Waals surface area contributed by atoms with Crippen molar-refractivity contribution in [3.05, 3.63) is 92.8 Å². The number of carbonyl (C=O) groups excluding carboxylic acids is 4. The van der Waals surface area contributed by atoms with E-state index in [1.54, 1.807) is 55.4 Å². The van der Waals surface area contributed by atoms with E-state index in [0.717, 1.165) is 56.1 Å². The molecule has 24 nitrogen and oxygen atoms in total. The Balaban J connectivity index is 0.000000259. The summed E-state index contributed by atoms with van der Waals surface area (Å²) in [6.07, 6.45) is -35.3. The first-order valence-corrected chi connectivity index (χ1v) is 38.7. The van der Waals surface area contributed by atoms with Gasteiger partial charge in [-0.2, -0.15) is 0 Å². The third kappa shape index (κ3) is 23.8. The highest BCUT2D eigenvalue weighted by molar-refractivity contribution is 5.77. The number of carbonyl (C=O) groups is 4. The highest BCUT2D eigenvalue weighted by Crippen LogP contribution is 2.50. The summed E-state index contributed by atoms with van der Waals surface area (Å²) >= 11 is 0. The topological polar surface area (TPSA) is 296 Å². The summed E-state index contributed by atoms with van der Waals surface area (Å²) in [5.74, 6) is -29.2. The molecule has 24 heteroatoms. The van der Waals surface area contributed by atoms with Gasteiger partial charge in [0.2, 0.25) is 0 Å². The average molecular weight is 1730 g/mol. The highest BCUT2D eigenvalue weighted by atomic mass is 16.6. The van der Waals surface area contributed by atoms with E-state index >= 15 is 0 Å². The molecule has 4 aromatic carbocycles. The minimum absolute atomic E-state index is 0.329. The third-order valence-corrected chi connectivity index (χ3v) is 20.4. The molecular formula is C96H152N8O16. The fourth-order valence-electron chi connectivity index (χ4n) is 13.6. The van der Waals surface area contributed by atoms with Gasteiger partial charge >= 0.3 is 23.9 Å². The van der Waals surface area contributed by atoms with Crippen LogP contribution >= 0.6 is 0 Å². The monoisotopic (exact) mass is 1730 g/mol. The van der Waals surface area contributed by atoms with E-state index < -0.39 is 454 Å². The number of benzene rings is 4. The van der Waals surface area contributed by atoms with Crippen LogP contribution in [0.1, 0.15) is 310 Å². The van der Waals surface area contributed by atoms with Gasteiger partial charge in [-0.3, -0.25) is 38.8 Å². The first-order chi connectivity index (χ1) is 79.4. The van der Waals surface area contributed by atoms with E-state index in [1.165, 1.54) is 14.2 Å². The molecule has 0 bridgehead atoms. The van der Waals surface area contributed by atoms with E-state index in [-0.39, 0.29) is 23.0 Å². The lowest BCUT2D eigenvalue weighted by molar-refractivity contribution is -0.161. The Hall–Kier alpha value is -7.16. The summed E-state index contributed by atoms with van der Waals surface area (Å²) in [6.45, 7) is -13.5. The maximum Gasteiger partial charge on any atom is 0.323 e. The highest BCUT2D eigenvalue weighted by Gasteiger charge is 2.47. The number of methoxy groups -OCH3 is 8. The normalized spacial score (nSPS) is 40.9. The van der Waals surface area contributed by atoms with Crippen molar-refractivity contribution in [3.8, 4) is 46.0 Å². The van der Waals surface area contributed by atoms with Crippen LogP contribution in [0.2, 0.25) is 0 Å². The van der Waals surface area contributed by atoms with Crippen molar-refractivity contribution in [2.75, 3.05) is 109 Å². The van der Waals surface area contributed by atoms with E-state index in [1.807, 2.05) is 0 Å². The van der Waals surface area contributed by atoms with Gasteiger partial charge in [-0.1, -0.05) is 110 Å². The Morgan fingerprint density at radius 1 is 0.367 bits per heavy atom. The summed E-state index contributed by atoms with van der Waals surface area (Å²) in [7, 11) is 0.230. The number of fused-ring (bicyclic) bond motifs is 12. The SMILES string of the molecule is [2H]c1c(OC)c(OC([2H])([2H])[2H])c([2H])c2c1C1([2H])CC(OC(=O)[C@@H](N)C(C)C)C(C([2H])([2H])C([2H])(C)C([2H])([2H])[2H])CN1C([2H])([2H])C2([2H])[2H].[2H]c1c(OC)c(OC([2H])([2H])[2H])c([2H])c2c1C1([2H])CC(OC(=O)[C@@H](N)C(C)C)C(C([2H])([2H])C([2H])(C)C([2H])([2H])[2H])CN1C([2H])([2H])C2([2H])[2H].[2H]c1c(OC)c(OC)c([2H])c2c1C1([2H])CC(OC(=O)[C@@H](N)C(C)C)C(C([2H])([2H])C([2H])(C)C([2H])([2H])[2H])CN1C([2H])([2H])C2([2H])[2H].[2H]c1c(OC)c(OC)c([2H])c2c1C1([2H])CC(OC(=O)[C@@H](N)C(C)C)C(C([2H])([2H])C([2H])(C)C([2H])([2H])[2H])CN1C([2H])([2H])C2([2H])[2H]. The predicted octanol–water partition coefficient (Wildman–Crippen LogP) is 14.3. The molecule has 0 aliphatic carbocycles. The number of hydrogen-bond donors (Lipinski definition) is 4. The van der Waals surface area contributed by atoms with E-state index in [0.29, 0.717) is 19.6 Å². The Morgan fingerprint density at radius 3 is 0.733 bits per heavy atom. The van der Waals surface area contributed by atoms with Crippen LogP contribution in [0.4, 0.5) is 0 Å². The fourth-order valence-corrected chi connectivity index (χ4v) is 13.6. The second-order valence-corrected chi connectivity index (χ2v) is 30.5. The first kappa shape index (κ1) is 44.1. The van der Waals surface area contributed by atoms with Gasteiger partial charge in [0.15, 0.2) is 46.0 Å².